The molecule has 0 aromatic heterocycles. The van der Waals surface area contributed by atoms with Gasteiger partial charge >= 0.3 is 0 Å². The Morgan fingerprint density at radius 1 is 1.82 bits per heavy atom. The standard InChI is InChI=1S/C8H14N2O/c1-3-5-9-10-6-4-7-11-8(10)2/h5H,2-4,6-7H2,1H3/b9-5-. The second kappa shape index (κ2) is 4.01. The first-order valence-electron chi connectivity index (χ1n) is 3.96. The summed E-state index contributed by atoms with van der Waals surface area (Å²) in [6.07, 6.45) is 3.84. The number of hydrogen-bond acceptors (Lipinski definition) is 3. The smallest absolute Gasteiger partial charge is 0.202 e. The Morgan fingerprint density at radius 3 is 3.27 bits per heavy atom. The second-order valence-electron chi connectivity index (χ2n) is 2.43. The van der Waals surface area contributed by atoms with Gasteiger partial charge in [0.15, 0.2) is 0 Å². The molecule has 1 saturated heterocycles. The maximum atomic E-state index is 5.21. The quantitative estimate of drug-likeness (QED) is 0.564. The summed E-state index contributed by atoms with van der Waals surface area (Å²) in [7, 11) is 0. The van der Waals surface area contributed by atoms with Crippen LogP contribution in [0.15, 0.2) is 17.6 Å². The summed E-state index contributed by atoms with van der Waals surface area (Å²) < 4.78 is 5.21. The highest BCUT2D eigenvalue weighted by atomic mass is 16.5. The van der Waals surface area contributed by atoms with Crippen molar-refractivity contribution in [2.45, 2.75) is 19.8 Å². The first-order chi connectivity index (χ1) is 5.34. The lowest BCUT2D eigenvalue weighted by molar-refractivity contribution is 0.0684. The zero-order valence-corrected chi connectivity index (χ0v) is 6.92. The Bertz CT molecular complexity index is 165. The predicted octanol–water partition coefficient (Wildman–Crippen LogP) is 1.58. The van der Waals surface area contributed by atoms with Gasteiger partial charge in [-0.3, -0.25) is 0 Å². The van der Waals surface area contributed by atoms with Crippen molar-refractivity contribution in [2.24, 2.45) is 5.10 Å². The molecule has 0 aliphatic carbocycles. The van der Waals surface area contributed by atoms with Gasteiger partial charge in [-0.15, -0.1) is 0 Å². The number of rotatable bonds is 2. The molecule has 0 N–H and O–H groups in total. The van der Waals surface area contributed by atoms with E-state index < -0.39 is 0 Å². The van der Waals surface area contributed by atoms with Crippen LogP contribution in [0.3, 0.4) is 0 Å². The van der Waals surface area contributed by atoms with Crippen molar-refractivity contribution in [3.63, 3.8) is 0 Å². The van der Waals surface area contributed by atoms with Gasteiger partial charge in [-0.2, -0.15) is 5.10 Å². The van der Waals surface area contributed by atoms with E-state index in [2.05, 4.69) is 18.6 Å². The number of hydrogen-bond donors (Lipinski definition) is 0. The van der Waals surface area contributed by atoms with Gasteiger partial charge in [0, 0.05) is 19.2 Å². The van der Waals surface area contributed by atoms with Crippen molar-refractivity contribution in [1.29, 1.82) is 0 Å². The normalized spacial score (nSPS) is 19.0. The molecular weight excluding hydrogens is 140 g/mol. The van der Waals surface area contributed by atoms with E-state index in [-0.39, 0.29) is 0 Å². The lowest BCUT2D eigenvalue weighted by Gasteiger charge is -2.25. The minimum absolute atomic E-state index is 0.668. The van der Waals surface area contributed by atoms with Gasteiger partial charge in [0.25, 0.3) is 0 Å². The largest absolute Gasteiger partial charge is 0.478 e. The molecule has 0 amide bonds. The molecule has 1 aliphatic heterocycles. The molecule has 0 bridgehead atoms. The summed E-state index contributed by atoms with van der Waals surface area (Å²) in [5.74, 6) is 0.668. The van der Waals surface area contributed by atoms with E-state index in [1.165, 1.54) is 0 Å². The molecule has 3 nitrogen and oxygen atoms in total. The summed E-state index contributed by atoms with van der Waals surface area (Å²) in [6, 6.07) is 0. The van der Waals surface area contributed by atoms with Crippen LogP contribution in [-0.2, 0) is 4.74 Å². The SMILES string of the molecule is C=C1OCCCN1/N=C\CC. The molecule has 0 aromatic carbocycles. The van der Waals surface area contributed by atoms with Crippen molar-refractivity contribution < 1.29 is 4.74 Å². The zero-order valence-electron chi connectivity index (χ0n) is 6.92. The van der Waals surface area contributed by atoms with Crippen LogP contribution in [0.4, 0.5) is 0 Å². The van der Waals surface area contributed by atoms with Gasteiger partial charge < -0.3 is 4.74 Å². The molecule has 0 aromatic rings. The highest BCUT2D eigenvalue weighted by molar-refractivity contribution is 5.56. The van der Waals surface area contributed by atoms with Gasteiger partial charge in [0.1, 0.15) is 0 Å². The molecule has 1 heterocycles. The predicted molar refractivity (Wildman–Crippen MR) is 45.2 cm³/mol. The fourth-order valence-electron chi connectivity index (χ4n) is 0.906. The van der Waals surface area contributed by atoms with E-state index in [1.807, 2.05) is 6.21 Å². The Hall–Kier alpha value is -0.990. The average molecular weight is 154 g/mol. The maximum absolute atomic E-state index is 5.21. The van der Waals surface area contributed by atoms with Gasteiger partial charge in [-0.05, 0) is 13.0 Å². The van der Waals surface area contributed by atoms with Crippen LogP contribution < -0.4 is 0 Å². The van der Waals surface area contributed by atoms with Crippen LogP contribution >= 0.6 is 0 Å². The first-order valence-corrected chi connectivity index (χ1v) is 3.96. The van der Waals surface area contributed by atoms with Gasteiger partial charge in [-0.1, -0.05) is 6.92 Å². The van der Waals surface area contributed by atoms with E-state index in [0.29, 0.717) is 5.88 Å². The fourth-order valence-corrected chi connectivity index (χ4v) is 0.906. The molecule has 0 saturated carbocycles. The highest BCUT2D eigenvalue weighted by Gasteiger charge is 2.11. The Morgan fingerprint density at radius 2 is 2.64 bits per heavy atom. The molecule has 3 heteroatoms. The van der Waals surface area contributed by atoms with Gasteiger partial charge in [-0.25, -0.2) is 5.01 Å². The van der Waals surface area contributed by atoms with Gasteiger partial charge in [0.05, 0.1) is 6.61 Å². The number of nitrogens with zero attached hydrogens (tertiary/aromatic N) is 2. The summed E-state index contributed by atoms with van der Waals surface area (Å²) in [6.45, 7) is 7.49. The van der Waals surface area contributed by atoms with E-state index in [9.17, 15) is 0 Å². The molecule has 62 valence electrons. The molecule has 0 atom stereocenters. The van der Waals surface area contributed by atoms with Crippen LogP contribution in [0.1, 0.15) is 19.8 Å². The summed E-state index contributed by atoms with van der Waals surface area (Å²) >= 11 is 0. The average Bonchev–Trinajstić information content (AvgIpc) is 2.03. The molecule has 0 radical (unpaired) electrons. The molecular formula is C8H14N2O. The first kappa shape index (κ1) is 8.11. The topological polar surface area (TPSA) is 24.8 Å². The monoisotopic (exact) mass is 154 g/mol. The third-order valence-electron chi connectivity index (χ3n) is 1.47. The van der Waals surface area contributed by atoms with Crippen molar-refractivity contribution in [1.82, 2.24) is 5.01 Å². The zero-order chi connectivity index (χ0) is 8.10. The van der Waals surface area contributed by atoms with Crippen molar-refractivity contribution in [3.05, 3.63) is 12.5 Å². The Labute approximate surface area is 67.3 Å². The molecule has 11 heavy (non-hydrogen) atoms. The van der Waals surface area contributed by atoms with Crippen LogP contribution in [-0.4, -0.2) is 24.4 Å². The summed E-state index contributed by atoms with van der Waals surface area (Å²) in [4.78, 5) is 0. The lowest BCUT2D eigenvalue weighted by Crippen LogP contribution is -2.26. The Kier molecular flexibility index (Phi) is 2.95. The highest BCUT2D eigenvalue weighted by Crippen LogP contribution is 2.11. The minimum Gasteiger partial charge on any atom is -0.478 e. The van der Waals surface area contributed by atoms with Crippen LogP contribution in [0, 0.1) is 0 Å². The minimum atomic E-state index is 0.668. The molecule has 0 unspecified atom stereocenters. The van der Waals surface area contributed by atoms with E-state index >= 15 is 0 Å². The molecule has 1 aliphatic rings. The van der Waals surface area contributed by atoms with Crippen molar-refractivity contribution in [2.75, 3.05) is 13.2 Å². The second-order valence-corrected chi connectivity index (χ2v) is 2.43. The summed E-state index contributed by atoms with van der Waals surface area (Å²) in [5.41, 5.74) is 0. The lowest BCUT2D eigenvalue weighted by atomic mass is 10.4. The van der Waals surface area contributed by atoms with Crippen molar-refractivity contribution >= 4 is 6.21 Å². The van der Waals surface area contributed by atoms with E-state index in [1.54, 1.807) is 5.01 Å². The van der Waals surface area contributed by atoms with Gasteiger partial charge in [0.2, 0.25) is 5.88 Å². The van der Waals surface area contributed by atoms with E-state index in [0.717, 1.165) is 26.0 Å². The molecule has 1 fully saturated rings. The maximum Gasteiger partial charge on any atom is 0.202 e. The van der Waals surface area contributed by atoms with Crippen molar-refractivity contribution in [3.8, 4) is 0 Å². The van der Waals surface area contributed by atoms with Crippen LogP contribution in [0.25, 0.3) is 0 Å². The molecule has 0 spiro atoms. The van der Waals surface area contributed by atoms with Crippen LogP contribution in [0.2, 0.25) is 0 Å². The Balaban J connectivity index is 2.41. The van der Waals surface area contributed by atoms with E-state index in [4.69, 9.17) is 4.74 Å². The number of ether oxygens (including phenoxy) is 1. The number of hydrazone groups is 1. The fraction of sp³-hybridized carbons (Fsp3) is 0.625. The third kappa shape index (κ3) is 2.26. The summed E-state index contributed by atoms with van der Waals surface area (Å²) in [5, 5.41) is 5.97. The van der Waals surface area contributed by atoms with Crippen LogP contribution in [0.5, 0.6) is 0 Å². The molecule has 1 rings (SSSR count). The third-order valence-corrected chi connectivity index (χ3v) is 1.47.